The summed E-state index contributed by atoms with van der Waals surface area (Å²) in [5.74, 6) is 0.606. The van der Waals surface area contributed by atoms with Gasteiger partial charge in [-0.25, -0.2) is 4.98 Å². The molecule has 0 unspecified atom stereocenters. The molecule has 86 valence electrons. The van der Waals surface area contributed by atoms with E-state index < -0.39 is 0 Å². The molecule has 1 aliphatic heterocycles. The van der Waals surface area contributed by atoms with Gasteiger partial charge >= 0.3 is 0 Å². The molecule has 3 rings (SSSR count). The summed E-state index contributed by atoms with van der Waals surface area (Å²) >= 11 is 6.04. The van der Waals surface area contributed by atoms with E-state index in [4.69, 9.17) is 17.3 Å². The molecule has 1 aromatic heterocycles. The van der Waals surface area contributed by atoms with Gasteiger partial charge < -0.3 is 10.6 Å². The lowest BCUT2D eigenvalue weighted by Gasteiger charge is -2.30. The number of nitrogens with two attached hydrogens (primary N) is 1. The number of halogens is 1. The lowest BCUT2D eigenvalue weighted by molar-refractivity contribution is 0.906. The maximum Gasteiger partial charge on any atom is 0.128 e. The van der Waals surface area contributed by atoms with Gasteiger partial charge in [0.25, 0.3) is 0 Å². The number of fused-ring (bicyclic) bond motifs is 3. The van der Waals surface area contributed by atoms with Crippen molar-refractivity contribution < 1.29 is 0 Å². The molecule has 0 radical (unpaired) electrons. The van der Waals surface area contributed by atoms with Crippen molar-refractivity contribution in [3.8, 4) is 11.1 Å². The van der Waals surface area contributed by atoms with Crippen LogP contribution in [0.15, 0.2) is 30.5 Å². The molecule has 1 aromatic carbocycles. The van der Waals surface area contributed by atoms with Crippen LogP contribution in [-0.4, -0.2) is 12.0 Å². The minimum absolute atomic E-state index is 0.606. The first kappa shape index (κ1) is 10.4. The lowest BCUT2D eigenvalue weighted by atomic mass is 9.95. The zero-order valence-corrected chi connectivity index (χ0v) is 10.2. The van der Waals surface area contributed by atoms with Crippen molar-refractivity contribution in [3.05, 3.63) is 41.0 Å². The Balaban J connectivity index is 2.30. The predicted octanol–water partition coefficient (Wildman–Crippen LogP) is 2.93. The Morgan fingerprint density at radius 2 is 2.12 bits per heavy atom. The summed E-state index contributed by atoms with van der Waals surface area (Å²) in [5, 5.41) is 0.751. The summed E-state index contributed by atoms with van der Waals surface area (Å²) < 4.78 is 0. The summed E-state index contributed by atoms with van der Waals surface area (Å²) in [6.45, 7) is 0.766. The molecule has 0 amide bonds. The Hall–Kier alpha value is -1.74. The highest BCUT2D eigenvalue weighted by Crippen LogP contribution is 2.40. The Morgan fingerprint density at radius 1 is 1.29 bits per heavy atom. The van der Waals surface area contributed by atoms with Crippen LogP contribution in [0.5, 0.6) is 0 Å². The second kappa shape index (κ2) is 3.64. The van der Waals surface area contributed by atoms with E-state index in [0.29, 0.717) is 5.82 Å². The van der Waals surface area contributed by atoms with Gasteiger partial charge in [-0.1, -0.05) is 17.7 Å². The maximum absolute atomic E-state index is 6.04. The van der Waals surface area contributed by atoms with Crippen molar-refractivity contribution in [3.63, 3.8) is 0 Å². The number of rotatable bonds is 0. The van der Waals surface area contributed by atoms with E-state index in [9.17, 15) is 0 Å². The standard InChI is InChI=1S/C13H12ClN3/c1-17-7-11-9(4-5-16-13(11)15)10-3-2-8(14)6-12(10)17/h2-6H,7H2,1H3,(H2,15,16). The summed E-state index contributed by atoms with van der Waals surface area (Å²) in [5.41, 5.74) is 10.5. The van der Waals surface area contributed by atoms with Crippen LogP contribution >= 0.6 is 11.6 Å². The first-order chi connectivity index (χ1) is 8.16. The summed E-state index contributed by atoms with van der Waals surface area (Å²) in [4.78, 5) is 6.28. The van der Waals surface area contributed by atoms with Gasteiger partial charge in [0.1, 0.15) is 5.82 Å². The molecule has 0 aliphatic carbocycles. The molecule has 17 heavy (non-hydrogen) atoms. The normalized spacial score (nSPS) is 13.2. The van der Waals surface area contributed by atoms with Crippen LogP contribution in [0.4, 0.5) is 11.5 Å². The van der Waals surface area contributed by atoms with E-state index in [-0.39, 0.29) is 0 Å². The molecule has 0 bridgehead atoms. The van der Waals surface area contributed by atoms with Gasteiger partial charge in [-0.05, 0) is 23.8 Å². The molecule has 2 aromatic rings. The highest BCUT2D eigenvalue weighted by molar-refractivity contribution is 6.31. The van der Waals surface area contributed by atoms with E-state index in [1.54, 1.807) is 6.20 Å². The molecule has 2 heterocycles. The van der Waals surface area contributed by atoms with Crippen LogP contribution in [0.3, 0.4) is 0 Å². The minimum atomic E-state index is 0.606. The van der Waals surface area contributed by atoms with Gasteiger partial charge in [-0.15, -0.1) is 0 Å². The highest BCUT2D eigenvalue weighted by Gasteiger charge is 2.21. The summed E-state index contributed by atoms with van der Waals surface area (Å²) in [6.07, 6.45) is 1.75. The van der Waals surface area contributed by atoms with Gasteiger partial charge in [-0.3, -0.25) is 0 Å². The third-order valence-electron chi connectivity index (χ3n) is 3.15. The van der Waals surface area contributed by atoms with Crippen LogP contribution in [0.2, 0.25) is 5.02 Å². The van der Waals surface area contributed by atoms with E-state index >= 15 is 0 Å². The molecule has 4 heteroatoms. The third kappa shape index (κ3) is 1.54. The molecule has 0 atom stereocenters. The van der Waals surface area contributed by atoms with E-state index in [1.165, 1.54) is 0 Å². The topological polar surface area (TPSA) is 42.2 Å². The second-order valence-corrected chi connectivity index (χ2v) is 4.68. The second-order valence-electron chi connectivity index (χ2n) is 4.24. The number of benzene rings is 1. The van der Waals surface area contributed by atoms with Crippen LogP contribution in [-0.2, 0) is 6.54 Å². The SMILES string of the molecule is CN1Cc2c(ccnc2N)-c2ccc(Cl)cc21. The summed E-state index contributed by atoms with van der Waals surface area (Å²) in [7, 11) is 2.03. The number of hydrogen-bond donors (Lipinski definition) is 1. The number of nitrogens with zero attached hydrogens (tertiary/aromatic N) is 2. The number of pyridine rings is 1. The van der Waals surface area contributed by atoms with Crippen molar-refractivity contribution in [2.24, 2.45) is 0 Å². The average molecular weight is 246 g/mol. The molecule has 0 saturated carbocycles. The van der Waals surface area contributed by atoms with Gasteiger partial charge in [0.15, 0.2) is 0 Å². The van der Waals surface area contributed by atoms with Crippen LogP contribution in [0.25, 0.3) is 11.1 Å². The first-order valence-corrected chi connectivity index (χ1v) is 5.79. The van der Waals surface area contributed by atoms with Gasteiger partial charge in [0, 0.05) is 41.6 Å². The molecule has 0 spiro atoms. The Labute approximate surface area is 105 Å². The fraction of sp³-hybridized carbons (Fsp3) is 0.154. The fourth-order valence-corrected chi connectivity index (χ4v) is 2.46. The zero-order valence-electron chi connectivity index (χ0n) is 9.44. The van der Waals surface area contributed by atoms with Crippen LogP contribution in [0, 0.1) is 0 Å². The van der Waals surface area contributed by atoms with Crippen molar-refractivity contribution >= 4 is 23.1 Å². The van der Waals surface area contributed by atoms with Crippen molar-refractivity contribution in [2.45, 2.75) is 6.54 Å². The molecular formula is C13H12ClN3. The van der Waals surface area contributed by atoms with Gasteiger partial charge in [0.05, 0.1) is 0 Å². The monoisotopic (exact) mass is 245 g/mol. The maximum atomic E-state index is 6.04. The van der Waals surface area contributed by atoms with E-state index in [0.717, 1.165) is 33.9 Å². The lowest BCUT2D eigenvalue weighted by Crippen LogP contribution is -2.22. The quantitative estimate of drug-likeness (QED) is 0.776. The Morgan fingerprint density at radius 3 is 2.94 bits per heavy atom. The number of hydrogen-bond acceptors (Lipinski definition) is 3. The van der Waals surface area contributed by atoms with Crippen molar-refractivity contribution in [2.75, 3.05) is 17.7 Å². The number of aromatic nitrogens is 1. The highest BCUT2D eigenvalue weighted by atomic mass is 35.5. The van der Waals surface area contributed by atoms with Gasteiger partial charge in [-0.2, -0.15) is 0 Å². The van der Waals surface area contributed by atoms with Crippen LogP contribution in [0.1, 0.15) is 5.56 Å². The largest absolute Gasteiger partial charge is 0.383 e. The Kier molecular flexibility index (Phi) is 2.23. The molecular weight excluding hydrogens is 234 g/mol. The van der Waals surface area contributed by atoms with Crippen LogP contribution < -0.4 is 10.6 Å². The van der Waals surface area contributed by atoms with Gasteiger partial charge in [0.2, 0.25) is 0 Å². The predicted molar refractivity (Wildman–Crippen MR) is 71.2 cm³/mol. The minimum Gasteiger partial charge on any atom is -0.383 e. The number of anilines is 2. The molecule has 3 nitrogen and oxygen atoms in total. The third-order valence-corrected chi connectivity index (χ3v) is 3.38. The first-order valence-electron chi connectivity index (χ1n) is 5.41. The molecule has 0 fully saturated rings. The molecule has 1 aliphatic rings. The summed E-state index contributed by atoms with van der Waals surface area (Å²) in [6, 6.07) is 7.92. The number of nitrogen functional groups attached to an aromatic ring is 1. The van der Waals surface area contributed by atoms with E-state index in [2.05, 4.69) is 9.88 Å². The van der Waals surface area contributed by atoms with Crippen molar-refractivity contribution in [1.29, 1.82) is 0 Å². The fourth-order valence-electron chi connectivity index (χ4n) is 2.30. The molecule has 2 N–H and O–H groups in total. The molecule has 0 saturated heterocycles. The van der Waals surface area contributed by atoms with Crippen molar-refractivity contribution in [1.82, 2.24) is 4.98 Å². The smallest absolute Gasteiger partial charge is 0.128 e. The Bertz CT molecular complexity index is 595. The van der Waals surface area contributed by atoms with E-state index in [1.807, 2.05) is 31.3 Å². The zero-order chi connectivity index (χ0) is 12.0. The average Bonchev–Trinajstić information content (AvgIpc) is 2.31.